The second kappa shape index (κ2) is 3.92. The van der Waals surface area contributed by atoms with Crippen molar-refractivity contribution in [1.82, 2.24) is 9.55 Å². The number of allylic oxidation sites excluding steroid dienone is 2. The number of hydrogen-bond donors (Lipinski definition) is 1. The Morgan fingerprint density at radius 2 is 2.36 bits per heavy atom. The predicted molar refractivity (Wildman–Crippen MR) is 57.9 cm³/mol. The Morgan fingerprint density at radius 3 is 3.00 bits per heavy atom. The number of H-pyrrole nitrogens is 1. The number of hydrogen-bond acceptors (Lipinski definition) is 2. The molecule has 1 aliphatic rings. The van der Waals surface area contributed by atoms with Crippen LogP contribution in [0.4, 0.5) is 0 Å². The molecule has 14 heavy (non-hydrogen) atoms. The normalized spacial score (nSPS) is 21.0. The number of nitrogens with one attached hydrogen (secondary N) is 1. The first-order valence-electron chi connectivity index (χ1n) is 4.74. The zero-order valence-electron chi connectivity index (χ0n) is 7.77. The fraction of sp³-hybridized carbons (Fsp3) is 0.400. The minimum atomic E-state index is -0.127. The highest BCUT2D eigenvalue weighted by Crippen LogP contribution is 2.22. The van der Waals surface area contributed by atoms with Gasteiger partial charge in [0, 0.05) is 18.3 Å². The number of nitrogens with zero attached hydrogens (tertiary/aromatic N) is 1. The average molecular weight is 208 g/mol. The highest BCUT2D eigenvalue weighted by Gasteiger charge is 2.11. The molecule has 1 heterocycles. The fourth-order valence-electron chi connectivity index (χ4n) is 1.75. The van der Waals surface area contributed by atoms with Crippen LogP contribution in [0.3, 0.4) is 0 Å². The van der Waals surface area contributed by atoms with Crippen molar-refractivity contribution in [3.8, 4) is 0 Å². The summed E-state index contributed by atoms with van der Waals surface area (Å²) in [5.41, 5.74) is -0.127. The van der Waals surface area contributed by atoms with Crippen LogP contribution in [-0.4, -0.2) is 9.55 Å². The van der Waals surface area contributed by atoms with E-state index in [4.69, 9.17) is 12.2 Å². The van der Waals surface area contributed by atoms with Crippen LogP contribution < -0.4 is 5.56 Å². The minimum absolute atomic E-state index is 0.127. The van der Waals surface area contributed by atoms with Crippen molar-refractivity contribution in [2.24, 2.45) is 0 Å². The standard InChI is InChI=1S/C10H12N2OS/c13-9-6-7-12(10(14)11-9)8-4-2-1-3-5-8/h1-2,6-8H,3-5H2,(H,11,13,14). The van der Waals surface area contributed by atoms with Gasteiger partial charge in [-0.05, 0) is 31.5 Å². The molecule has 0 saturated heterocycles. The van der Waals surface area contributed by atoms with Crippen molar-refractivity contribution in [1.29, 1.82) is 0 Å². The molecule has 0 aromatic carbocycles. The molecule has 0 fully saturated rings. The van der Waals surface area contributed by atoms with Gasteiger partial charge in [-0.3, -0.25) is 9.78 Å². The Kier molecular flexibility index (Phi) is 2.63. The molecule has 0 amide bonds. The monoisotopic (exact) mass is 208 g/mol. The van der Waals surface area contributed by atoms with Crippen LogP contribution in [-0.2, 0) is 0 Å². The van der Waals surface area contributed by atoms with Crippen molar-refractivity contribution in [2.45, 2.75) is 25.3 Å². The van der Waals surface area contributed by atoms with Crippen LogP contribution in [0, 0.1) is 4.77 Å². The van der Waals surface area contributed by atoms with E-state index < -0.39 is 0 Å². The van der Waals surface area contributed by atoms with Gasteiger partial charge in [0.1, 0.15) is 0 Å². The minimum Gasteiger partial charge on any atom is -0.322 e. The third-order valence-electron chi connectivity index (χ3n) is 2.49. The van der Waals surface area contributed by atoms with E-state index in [9.17, 15) is 4.79 Å². The van der Waals surface area contributed by atoms with E-state index in [1.807, 2.05) is 4.57 Å². The summed E-state index contributed by atoms with van der Waals surface area (Å²) in [5.74, 6) is 0. The molecule has 1 atom stereocenters. The summed E-state index contributed by atoms with van der Waals surface area (Å²) >= 11 is 5.10. The molecule has 74 valence electrons. The molecule has 0 saturated carbocycles. The Morgan fingerprint density at radius 1 is 1.50 bits per heavy atom. The second-order valence-electron chi connectivity index (χ2n) is 3.46. The van der Waals surface area contributed by atoms with Crippen LogP contribution in [0.1, 0.15) is 25.3 Å². The summed E-state index contributed by atoms with van der Waals surface area (Å²) in [7, 11) is 0. The number of aromatic amines is 1. The van der Waals surface area contributed by atoms with Crippen LogP contribution in [0.25, 0.3) is 0 Å². The maximum atomic E-state index is 11.0. The summed E-state index contributed by atoms with van der Waals surface area (Å²) in [6.45, 7) is 0. The van der Waals surface area contributed by atoms with E-state index >= 15 is 0 Å². The molecule has 0 radical (unpaired) electrons. The fourth-order valence-corrected chi connectivity index (χ4v) is 2.06. The van der Waals surface area contributed by atoms with Crippen LogP contribution in [0.15, 0.2) is 29.2 Å². The van der Waals surface area contributed by atoms with Crippen LogP contribution in [0.5, 0.6) is 0 Å². The Hall–Kier alpha value is -1.16. The molecule has 1 unspecified atom stereocenters. The zero-order valence-corrected chi connectivity index (χ0v) is 8.59. The lowest BCUT2D eigenvalue weighted by Crippen LogP contribution is -2.16. The Bertz CT molecular complexity index is 458. The van der Waals surface area contributed by atoms with E-state index in [0.717, 1.165) is 19.3 Å². The molecular formula is C10H12N2OS. The smallest absolute Gasteiger partial charge is 0.251 e. The molecule has 1 aromatic rings. The number of rotatable bonds is 1. The molecule has 4 heteroatoms. The van der Waals surface area contributed by atoms with Gasteiger partial charge in [-0.1, -0.05) is 12.2 Å². The lowest BCUT2D eigenvalue weighted by atomic mass is 10.0. The summed E-state index contributed by atoms with van der Waals surface area (Å²) in [6.07, 6.45) is 9.32. The SMILES string of the molecule is O=c1ccn(C2CC=CCC2)c(=S)[nH]1. The van der Waals surface area contributed by atoms with E-state index in [0.29, 0.717) is 10.8 Å². The van der Waals surface area contributed by atoms with Gasteiger partial charge >= 0.3 is 0 Å². The largest absolute Gasteiger partial charge is 0.322 e. The average Bonchev–Trinajstić information content (AvgIpc) is 2.19. The molecule has 0 spiro atoms. The molecule has 0 bridgehead atoms. The topological polar surface area (TPSA) is 37.8 Å². The van der Waals surface area contributed by atoms with E-state index in [1.54, 1.807) is 6.20 Å². The zero-order chi connectivity index (χ0) is 9.97. The van der Waals surface area contributed by atoms with Gasteiger partial charge in [0.05, 0.1) is 0 Å². The highest BCUT2D eigenvalue weighted by atomic mass is 32.1. The Labute approximate surface area is 87.1 Å². The third-order valence-corrected chi connectivity index (χ3v) is 2.80. The van der Waals surface area contributed by atoms with Crippen molar-refractivity contribution < 1.29 is 0 Å². The van der Waals surface area contributed by atoms with Crippen LogP contribution in [0.2, 0.25) is 0 Å². The Balaban J connectivity index is 2.36. The molecule has 3 nitrogen and oxygen atoms in total. The van der Waals surface area contributed by atoms with Gasteiger partial charge in [0.15, 0.2) is 4.77 Å². The third kappa shape index (κ3) is 1.85. The van der Waals surface area contributed by atoms with Crippen molar-refractivity contribution in [3.05, 3.63) is 39.5 Å². The molecule has 2 rings (SSSR count). The van der Waals surface area contributed by atoms with Gasteiger partial charge in [-0.15, -0.1) is 0 Å². The summed E-state index contributed by atoms with van der Waals surface area (Å²) in [6, 6.07) is 1.93. The van der Waals surface area contributed by atoms with Gasteiger partial charge in [0.25, 0.3) is 5.56 Å². The molecular weight excluding hydrogens is 196 g/mol. The van der Waals surface area contributed by atoms with Crippen LogP contribution >= 0.6 is 12.2 Å². The summed E-state index contributed by atoms with van der Waals surface area (Å²) < 4.78 is 2.50. The predicted octanol–water partition coefficient (Wildman–Crippen LogP) is 2.19. The first-order chi connectivity index (χ1) is 6.77. The summed E-state index contributed by atoms with van der Waals surface area (Å²) in [5, 5.41) is 0. The second-order valence-corrected chi connectivity index (χ2v) is 3.84. The molecule has 1 N–H and O–H groups in total. The molecule has 1 aliphatic carbocycles. The molecule has 0 aliphatic heterocycles. The maximum absolute atomic E-state index is 11.0. The van der Waals surface area contributed by atoms with E-state index in [-0.39, 0.29) is 5.56 Å². The van der Waals surface area contributed by atoms with Gasteiger partial charge in [0.2, 0.25) is 0 Å². The summed E-state index contributed by atoms with van der Waals surface area (Å²) in [4.78, 5) is 13.6. The molecule has 1 aromatic heterocycles. The first kappa shape index (κ1) is 9.40. The lowest BCUT2D eigenvalue weighted by Gasteiger charge is -2.20. The first-order valence-corrected chi connectivity index (χ1v) is 5.14. The van der Waals surface area contributed by atoms with Gasteiger partial charge < -0.3 is 4.57 Å². The van der Waals surface area contributed by atoms with Gasteiger partial charge in [-0.25, -0.2) is 0 Å². The maximum Gasteiger partial charge on any atom is 0.251 e. The lowest BCUT2D eigenvalue weighted by molar-refractivity contribution is 0.447. The van der Waals surface area contributed by atoms with E-state index in [2.05, 4.69) is 17.1 Å². The quantitative estimate of drug-likeness (QED) is 0.567. The highest BCUT2D eigenvalue weighted by molar-refractivity contribution is 7.71. The van der Waals surface area contributed by atoms with Crippen molar-refractivity contribution >= 4 is 12.2 Å². The van der Waals surface area contributed by atoms with E-state index in [1.165, 1.54) is 6.07 Å². The number of aromatic nitrogens is 2. The van der Waals surface area contributed by atoms with Gasteiger partial charge in [-0.2, -0.15) is 0 Å². The van der Waals surface area contributed by atoms with Crippen molar-refractivity contribution in [2.75, 3.05) is 0 Å². The van der Waals surface area contributed by atoms with Crippen molar-refractivity contribution in [3.63, 3.8) is 0 Å².